The lowest BCUT2D eigenvalue weighted by molar-refractivity contribution is -0.159. The van der Waals surface area contributed by atoms with Gasteiger partial charge in [0.1, 0.15) is 5.82 Å². The number of carbonyl (C=O) groups excluding carboxylic acids is 1. The van der Waals surface area contributed by atoms with Gasteiger partial charge in [-0.3, -0.25) is 9.00 Å². The van der Waals surface area contributed by atoms with Gasteiger partial charge in [0, 0.05) is 42.6 Å². The van der Waals surface area contributed by atoms with Gasteiger partial charge in [-0.1, -0.05) is 18.2 Å². The maximum atomic E-state index is 14.6. The molecule has 2 aliphatic rings. The van der Waals surface area contributed by atoms with Gasteiger partial charge in [-0.15, -0.1) is 0 Å². The monoisotopic (exact) mass is 474 g/mol. The molecular formula is C20H22F4N4O3S. The molecule has 32 heavy (non-hydrogen) atoms. The summed E-state index contributed by atoms with van der Waals surface area (Å²) in [6.45, 7) is 0.304. The topological polar surface area (TPSA) is 79.5 Å². The first-order valence-electron chi connectivity index (χ1n) is 10.1. The van der Waals surface area contributed by atoms with E-state index in [1.807, 2.05) is 0 Å². The second kappa shape index (κ2) is 8.38. The molecule has 0 spiro atoms. The normalized spacial score (nSPS) is 26.9. The third-order valence-corrected chi connectivity index (χ3v) is 7.85. The van der Waals surface area contributed by atoms with Crippen LogP contribution >= 0.6 is 0 Å². The number of benzene rings is 1. The lowest BCUT2D eigenvalue weighted by atomic mass is 9.96. The minimum atomic E-state index is -4.78. The number of aromatic nitrogens is 2. The first-order chi connectivity index (χ1) is 15.0. The Morgan fingerprint density at radius 2 is 1.88 bits per heavy atom. The highest BCUT2D eigenvalue weighted by atomic mass is 32.2. The maximum absolute atomic E-state index is 14.6. The fourth-order valence-electron chi connectivity index (χ4n) is 4.14. The molecule has 1 amide bonds. The molecule has 0 saturated carbocycles. The fourth-order valence-corrected chi connectivity index (χ4v) is 5.77. The van der Waals surface area contributed by atoms with E-state index in [1.54, 1.807) is 17.0 Å². The Bertz CT molecular complexity index is 1090. The van der Waals surface area contributed by atoms with Gasteiger partial charge in [0.15, 0.2) is 0 Å². The number of hydrogen-bond acceptors (Lipinski definition) is 6. The van der Waals surface area contributed by atoms with E-state index in [1.165, 1.54) is 17.0 Å². The molecule has 12 heteroatoms. The van der Waals surface area contributed by atoms with E-state index in [0.717, 1.165) is 0 Å². The van der Waals surface area contributed by atoms with Crippen molar-refractivity contribution in [2.75, 3.05) is 36.0 Å². The van der Waals surface area contributed by atoms with Crippen LogP contribution in [0.3, 0.4) is 0 Å². The molecule has 1 unspecified atom stereocenters. The fraction of sp³-hybridized carbons (Fsp3) is 0.500. The molecule has 0 bridgehead atoms. The highest BCUT2D eigenvalue weighted by molar-refractivity contribution is 8.00. The summed E-state index contributed by atoms with van der Waals surface area (Å²) in [6.07, 6.45) is -3.90. The lowest BCUT2D eigenvalue weighted by Gasteiger charge is -2.43. The molecule has 174 valence electrons. The number of hydrogen-bond donors (Lipinski definition) is 0. The predicted molar refractivity (Wildman–Crippen MR) is 110 cm³/mol. The van der Waals surface area contributed by atoms with Gasteiger partial charge in [0.2, 0.25) is 5.91 Å². The first kappa shape index (κ1) is 22.6. The number of amides is 1. The Balaban J connectivity index is 1.60. The van der Waals surface area contributed by atoms with Crippen LogP contribution in [0.15, 0.2) is 28.8 Å². The first-order valence-corrected chi connectivity index (χ1v) is 12.1. The summed E-state index contributed by atoms with van der Waals surface area (Å²) in [5.41, 5.74) is 0.252. The van der Waals surface area contributed by atoms with Crippen LogP contribution in [-0.4, -0.2) is 62.2 Å². The molecule has 4 rings (SSSR count). The van der Waals surface area contributed by atoms with E-state index in [9.17, 15) is 26.6 Å². The minimum Gasteiger partial charge on any atom is -0.334 e. The summed E-state index contributed by atoms with van der Waals surface area (Å²) in [5.74, 6) is 1.64. The van der Waals surface area contributed by atoms with Crippen LogP contribution in [0.1, 0.15) is 30.3 Å². The number of rotatable bonds is 3. The van der Waals surface area contributed by atoms with Crippen molar-refractivity contribution in [2.24, 2.45) is 5.92 Å². The quantitative estimate of drug-likeness (QED) is 0.503. The predicted octanol–water partition coefficient (Wildman–Crippen LogP) is 2.74. The zero-order valence-electron chi connectivity index (χ0n) is 17.1. The van der Waals surface area contributed by atoms with Crippen molar-refractivity contribution in [1.82, 2.24) is 15.0 Å². The molecular weight excluding hydrogens is 452 g/mol. The van der Waals surface area contributed by atoms with Crippen LogP contribution in [0.2, 0.25) is 0 Å². The second-order valence-electron chi connectivity index (χ2n) is 8.06. The molecule has 1 aromatic carbocycles. The number of carbonyl (C=O) groups is 1. The zero-order valence-corrected chi connectivity index (χ0v) is 17.9. The van der Waals surface area contributed by atoms with E-state index < -0.39 is 33.4 Å². The number of anilines is 1. The van der Waals surface area contributed by atoms with E-state index >= 15 is 0 Å². The SMILES string of the molecule is C=S1(=O)CCC(C(=O)N2CCN(c3noc(C(F)(F)F)n3)CC2c2ccccc2F)CC1. The molecule has 0 radical (unpaired) electrons. The van der Waals surface area contributed by atoms with Crippen molar-refractivity contribution in [3.63, 3.8) is 0 Å². The van der Waals surface area contributed by atoms with Crippen LogP contribution in [0.5, 0.6) is 0 Å². The highest BCUT2D eigenvalue weighted by Crippen LogP contribution is 2.34. The van der Waals surface area contributed by atoms with E-state index in [0.29, 0.717) is 24.3 Å². The molecule has 1 aromatic heterocycles. The molecule has 0 N–H and O–H groups in total. The largest absolute Gasteiger partial charge is 0.471 e. The highest BCUT2D eigenvalue weighted by Gasteiger charge is 2.41. The number of nitrogens with zero attached hydrogens (tertiary/aromatic N) is 4. The van der Waals surface area contributed by atoms with Crippen LogP contribution in [0.4, 0.5) is 23.5 Å². The summed E-state index contributed by atoms with van der Waals surface area (Å²) >= 11 is 0. The Kier molecular flexibility index (Phi) is 5.91. The van der Waals surface area contributed by atoms with E-state index in [-0.39, 0.29) is 43.0 Å². The number of halogens is 4. The standard InChI is InChI=1S/C20H22F4N4O3S/c1-32(30)10-6-13(7-11-32)17(29)28-9-8-27(19-25-18(31-26-19)20(22,23)24)12-16(28)14-4-2-3-5-15(14)21/h2-5,13,16H,1,6-12H2. The lowest BCUT2D eigenvalue weighted by Crippen LogP contribution is -2.53. The van der Waals surface area contributed by atoms with E-state index in [4.69, 9.17) is 0 Å². The Morgan fingerprint density at radius 3 is 2.50 bits per heavy atom. The third-order valence-electron chi connectivity index (χ3n) is 5.89. The molecule has 1 atom stereocenters. The van der Waals surface area contributed by atoms with Gasteiger partial charge in [-0.2, -0.15) is 18.2 Å². The summed E-state index contributed by atoms with van der Waals surface area (Å²) in [7, 11) is -2.16. The Labute approximate surface area is 182 Å². The van der Waals surface area contributed by atoms with Crippen molar-refractivity contribution < 1.29 is 31.1 Å². The minimum absolute atomic E-state index is 0.00228. The molecule has 0 aliphatic carbocycles. The second-order valence-corrected chi connectivity index (χ2v) is 10.8. The van der Waals surface area contributed by atoms with Gasteiger partial charge >= 0.3 is 12.1 Å². The van der Waals surface area contributed by atoms with Gasteiger partial charge in [0.05, 0.1) is 6.04 Å². The maximum Gasteiger partial charge on any atom is 0.471 e. The van der Waals surface area contributed by atoms with Crippen LogP contribution in [0.25, 0.3) is 0 Å². The van der Waals surface area contributed by atoms with Gasteiger partial charge in [-0.05, 0) is 39.5 Å². The molecule has 7 nitrogen and oxygen atoms in total. The average molecular weight is 474 g/mol. The van der Waals surface area contributed by atoms with Crippen LogP contribution < -0.4 is 4.90 Å². The van der Waals surface area contributed by atoms with Gasteiger partial charge < -0.3 is 14.3 Å². The van der Waals surface area contributed by atoms with Crippen molar-refractivity contribution in [3.8, 4) is 0 Å². The number of piperazine rings is 1. The van der Waals surface area contributed by atoms with Crippen molar-refractivity contribution >= 4 is 27.2 Å². The van der Waals surface area contributed by atoms with Crippen LogP contribution in [-0.2, 0) is 20.5 Å². The van der Waals surface area contributed by atoms with Gasteiger partial charge in [0.25, 0.3) is 5.95 Å². The van der Waals surface area contributed by atoms with Crippen molar-refractivity contribution in [1.29, 1.82) is 0 Å². The van der Waals surface area contributed by atoms with Crippen molar-refractivity contribution in [3.05, 3.63) is 41.5 Å². The zero-order chi connectivity index (χ0) is 23.1. The Morgan fingerprint density at radius 1 is 1.19 bits per heavy atom. The van der Waals surface area contributed by atoms with Crippen LogP contribution in [0, 0.1) is 11.7 Å². The molecule has 2 saturated heterocycles. The number of alkyl halides is 3. The molecule has 3 heterocycles. The molecule has 2 aromatic rings. The van der Waals surface area contributed by atoms with Crippen molar-refractivity contribution in [2.45, 2.75) is 25.1 Å². The third kappa shape index (κ3) is 4.59. The molecule has 2 aliphatic heterocycles. The smallest absolute Gasteiger partial charge is 0.334 e. The summed E-state index contributed by atoms with van der Waals surface area (Å²) in [4.78, 5) is 19.7. The van der Waals surface area contributed by atoms with E-state index in [2.05, 4.69) is 20.5 Å². The summed E-state index contributed by atoms with van der Waals surface area (Å²) < 4.78 is 69.7. The molecule has 2 fully saturated rings. The summed E-state index contributed by atoms with van der Waals surface area (Å²) in [5, 5.41) is 3.42. The summed E-state index contributed by atoms with van der Waals surface area (Å²) in [6, 6.07) is 5.22. The average Bonchev–Trinajstić information content (AvgIpc) is 3.24. The van der Waals surface area contributed by atoms with Gasteiger partial charge in [-0.25, -0.2) is 4.39 Å². The Hall–Kier alpha value is -2.63.